The Morgan fingerprint density at radius 2 is 1.85 bits per heavy atom. The normalized spacial score (nSPS) is 15.7. The molecule has 2 atom stereocenters. The van der Waals surface area contributed by atoms with Crippen LogP contribution in [0.1, 0.15) is 42.1 Å². The van der Waals surface area contributed by atoms with E-state index in [-0.39, 0.29) is 12.2 Å². The molecule has 0 saturated heterocycles. The van der Waals surface area contributed by atoms with Crippen molar-refractivity contribution < 1.29 is 54.7 Å². The third-order valence-corrected chi connectivity index (χ3v) is 6.16. The topological polar surface area (TPSA) is 163 Å². The number of ether oxygens (including phenoxy) is 3. The van der Waals surface area contributed by atoms with Crippen molar-refractivity contribution in [2.24, 2.45) is 5.14 Å². The van der Waals surface area contributed by atoms with Crippen molar-refractivity contribution in [3.8, 4) is 11.5 Å². The quantitative estimate of drug-likeness (QED) is 0.166. The number of esters is 1. The first-order valence-electron chi connectivity index (χ1n) is 12.5. The Morgan fingerprint density at radius 1 is 1.12 bits per heavy atom. The molecule has 41 heavy (non-hydrogen) atoms. The number of benzene rings is 2. The minimum absolute atomic E-state index is 0.193. The summed E-state index contributed by atoms with van der Waals surface area (Å²) in [4.78, 5) is 23.1. The van der Waals surface area contributed by atoms with Gasteiger partial charge in [0.1, 0.15) is 11.5 Å². The number of para-hydroxylation sites is 1. The zero-order valence-corrected chi connectivity index (χ0v) is 22.4. The van der Waals surface area contributed by atoms with Crippen molar-refractivity contribution in [3.05, 3.63) is 71.3 Å². The van der Waals surface area contributed by atoms with E-state index < -0.39 is 41.0 Å². The molecule has 0 spiro atoms. The first kappa shape index (κ1) is 31.9. The Kier molecular flexibility index (Phi) is 11.1. The van der Waals surface area contributed by atoms with E-state index in [2.05, 4.69) is 19.4 Å². The second-order valence-electron chi connectivity index (χ2n) is 8.95. The lowest BCUT2D eigenvalue weighted by atomic mass is 10.0. The number of nitrogens with two attached hydrogens (primary N) is 1. The molecule has 0 aliphatic carbocycles. The van der Waals surface area contributed by atoms with Crippen molar-refractivity contribution in [1.82, 2.24) is 5.32 Å². The van der Waals surface area contributed by atoms with Gasteiger partial charge in [-0.25, -0.2) is 9.59 Å². The number of rotatable bonds is 14. The standard InChI is InChI=1S/C26H29F3N2O9S/c27-26(28,29)39-22-7-2-1-5-17(22)12-14-31-13-4-3-6-20(32)18-8-9-21-19(15-18)16-25(37-21)38-23(33)10-11-24(34)40-41(30,35)36/h1-2,5,7-11,15,20,25,31-32H,3-4,6,12-14,16H2,(H2,30,35,36)/b11-10-. The van der Waals surface area contributed by atoms with Gasteiger partial charge in [0.2, 0.25) is 6.29 Å². The van der Waals surface area contributed by atoms with Crippen LogP contribution in [0.2, 0.25) is 0 Å². The monoisotopic (exact) mass is 602 g/mol. The number of fused-ring (bicyclic) bond motifs is 1. The molecular formula is C26H29F3N2O9S. The Bertz CT molecular complexity index is 1350. The van der Waals surface area contributed by atoms with Gasteiger partial charge in [0.25, 0.3) is 0 Å². The second-order valence-corrected chi connectivity index (χ2v) is 10.1. The molecule has 224 valence electrons. The number of hydrogen-bond donors (Lipinski definition) is 3. The summed E-state index contributed by atoms with van der Waals surface area (Å²) in [5, 5.41) is 18.3. The number of alkyl halides is 3. The minimum atomic E-state index is -4.75. The van der Waals surface area contributed by atoms with Crippen LogP contribution in [0.3, 0.4) is 0 Å². The number of hydrogen-bond acceptors (Lipinski definition) is 10. The lowest BCUT2D eigenvalue weighted by molar-refractivity contribution is -0.274. The summed E-state index contributed by atoms with van der Waals surface area (Å²) in [7, 11) is -4.50. The fraction of sp³-hybridized carbons (Fsp3) is 0.385. The van der Waals surface area contributed by atoms with Crippen molar-refractivity contribution in [2.45, 2.75) is 50.9 Å². The highest BCUT2D eigenvalue weighted by molar-refractivity contribution is 7.84. The van der Waals surface area contributed by atoms with Gasteiger partial charge in [0.05, 0.1) is 12.5 Å². The number of halogens is 3. The molecule has 0 bridgehead atoms. The number of carbonyl (C=O) groups is 2. The first-order valence-corrected chi connectivity index (χ1v) is 13.9. The molecule has 0 radical (unpaired) electrons. The average Bonchev–Trinajstić information content (AvgIpc) is 3.27. The lowest BCUT2D eigenvalue weighted by Gasteiger charge is -2.14. The molecule has 0 amide bonds. The zero-order valence-electron chi connectivity index (χ0n) is 21.6. The van der Waals surface area contributed by atoms with Crippen molar-refractivity contribution >= 4 is 22.2 Å². The molecule has 1 heterocycles. The molecule has 2 aromatic rings. The van der Waals surface area contributed by atoms with E-state index in [9.17, 15) is 36.3 Å². The zero-order chi connectivity index (χ0) is 30.0. The van der Waals surface area contributed by atoms with E-state index in [0.29, 0.717) is 66.9 Å². The summed E-state index contributed by atoms with van der Waals surface area (Å²) >= 11 is 0. The molecule has 0 aromatic heterocycles. The number of nitrogens with one attached hydrogen (secondary N) is 1. The molecule has 0 saturated carbocycles. The predicted molar refractivity (Wildman–Crippen MR) is 138 cm³/mol. The maximum Gasteiger partial charge on any atom is 0.573 e. The largest absolute Gasteiger partial charge is 0.573 e. The Balaban J connectivity index is 1.36. The molecule has 1 aliphatic rings. The highest BCUT2D eigenvalue weighted by Gasteiger charge is 2.32. The second kappa shape index (κ2) is 14.3. The summed E-state index contributed by atoms with van der Waals surface area (Å²) in [6.45, 7) is 1.08. The van der Waals surface area contributed by atoms with Gasteiger partial charge < -0.3 is 28.8 Å². The molecule has 0 fully saturated rings. The number of aliphatic hydroxyl groups excluding tert-OH is 1. The Labute approximate surface area is 234 Å². The fourth-order valence-corrected chi connectivity index (χ4v) is 4.28. The molecule has 2 aromatic carbocycles. The summed E-state index contributed by atoms with van der Waals surface area (Å²) in [5.41, 5.74) is 1.80. The van der Waals surface area contributed by atoms with Crippen LogP contribution >= 0.6 is 0 Å². The van der Waals surface area contributed by atoms with Gasteiger partial charge in [-0.1, -0.05) is 24.3 Å². The highest BCUT2D eigenvalue weighted by atomic mass is 32.2. The third kappa shape index (κ3) is 11.4. The smallest absolute Gasteiger partial charge is 0.454 e. The molecule has 1 aliphatic heterocycles. The SMILES string of the molecule is NS(=O)(=O)OC(=O)/C=C\C(=O)OC1Cc2cc(C(O)CCCCNCCc3ccccc3OC(F)(F)F)ccc2O1. The first-order chi connectivity index (χ1) is 19.3. The van der Waals surface area contributed by atoms with E-state index >= 15 is 0 Å². The van der Waals surface area contributed by atoms with Crippen molar-refractivity contribution in [3.63, 3.8) is 0 Å². The van der Waals surface area contributed by atoms with Crippen LogP contribution in [0.25, 0.3) is 0 Å². The van der Waals surface area contributed by atoms with E-state index in [1.807, 2.05) is 0 Å². The van der Waals surface area contributed by atoms with Gasteiger partial charge in [-0.05, 0) is 68.1 Å². The van der Waals surface area contributed by atoms with Crippen molar-refractivity contribution in [2.75, 3.05) is 13.1 Å². The Morgan fingerprint density at radius 3 is 2.59 bits per heavy atom. The maximum absolute atomic E-state index is 12.5. The van der Waals surface area contributed by atoms with E-state index in [1.54, 1.807) is 30.3 Å². The van der Waals surface area contributed by atoms with Crippen LogP contribution in [-0.4, -0.2) is 51.2 Å². The molecule has 11 nitrogen and oxygen atoms in total. The Hall–Kier alpha value is -3.66. The van der Waals surface area contributed by atoms with Gasteiger partial charge >= 0.3 is 28.6 Å². The summed E-state index contributed by atoms with van der Waals surface area (Å²) in [5.74, 6) is -2.09. The van der Waals surface area contributed by atoms with E-state index in [4.69, 9.17) is 9.47 Å². The van der Waals surface area contributed by atoms with Crippen LogP contribution in [-0.2, 0) is 41.7 Å². The van der Waals surface area contributed by atoms with Gasteiger partial charge in [-0.3, -0.25) is 0 Å². The van der Waals surface area contributed by atoms with Crippen LogP contribution in [0, 0.1) is 0 Å². The van der Waals surface area contributed by atoms with Gasteiger partial charge in [-0.2, -0.15) is 13.6 Å². The highest BCUT2D eigenvalue weighted by Crippen LogP contribution is 2.33. The summed E-state index contributed by atoms with van der Waals surface area (Å²) < 4.78 is 77.5. The summed E-state index contributed by atoms with van der Waals surface area (Å²) in [6, 6.07) is 11.1. The number of carbonyl (C=O) groups excluding carboxylic acids is 2. The minimum Gasteiger partial charge on any atom is -0.454 e. The van der Waals surface area contributed by atoms with Crippen LogP contribution in [0.5, 0.6) is 11.5 Å². The van der Waals surface area contributed by atoms with Crippen molar-refractivity contribution in [1.29, 1.82) is 0 Å². The fourth-order valence-electron chi connectivity index (χ4n) is 3.99. The number of unbranched alkanes of at least 4 members (excludes halogenated alkanes) is 1. The maximum atomic E-state index is 12.5. The van der Waals surface area contributed by atoms with Gasteiger partial charge in [0, 0.05) is 17.7 Å². The van der Waals surface area contributed by atoms with Crippen LogP contribution < -0.4 is 19.9 Å². The van der Waals surface area contributed by atoms with E-state index in [0.717, 1.165) is 6.42 Å². The molecule has 3 rings (SSSR count). The predicted octanol–water partition coefficient (Wildman–Crippen LogP) is 2.73. The molecular weight excluding hydrogens is 573 g/mol. The van der Waals surface area contributed by atoms with Gasteiger partial charge in [-0.15, -0.1) is 13.2 Å². The average molecular weight is 603 g/mol. The molecule has 15 heteroatoms. The molecule has 2 unspecified atom stereocenters. The third-order valence-electron chi connectivity index (χ3n) is 5.77. The van der Waals surface area contributed by atoms with Crippen LogP contribution in [0.15, 0.2) is 54.6 Å². The summed E-state index contributed by atoms with van der Waals surface area (Å²) in [6.07, 6.45) is -2.80. The number of aliphatic hydroxyl groups is 1. The molecule has 4 N–H and O–H groups in total. The van der Waals surface area contributed by atoms with Crippen LogP contribution in [0.4, 0.5) is 13.2 Å². The lowest BCUT2D eigenvalue weighted by Crippen LogP contribution is -2.22. The van der Waals surface area contributed by atoms with E-state index in [1.165, 1.54) is 12.1 Å². The van der Waals surface area contributed by atoms with Gasteiger partial charge in [0.15, 0.2) is 0 Å².